The lowest BCUT2D eigenvalue weighted by Crippen LogP contribution is -2.41. The molecular weight excluding hydrogens is 469 g/mol. The minimum absolute atomic E-state index is 0. The van der Waals surface area contributed by atoms with Gasteiger partial charge in [0.15, 0.2) is 27.3 Å². The first-order valence-corrected chi connectivity index (χ1v) is 10.2. The number of aliphatic imine (C=N–C) groups is 1. The summed E-state index contributed by atoms with van der Waals surface area (Å²) in [6.07, 6.45) is 2.03. The first-order valence-electron chi connectivity index (χ1n) is 8.33. The Balaban J connectivity index is 0.00000338. The van der Waals surface area contributed by atoms with Gasteiger partial charge in [-0.05, 0) is 44.9 Å². The summed E-state index contributed by atoms with van der Waals surface area (Å²) in [7, 11) is -3.17. The molecule has 0 aromatic heterocycles. The van der Waals surface area contributed by atoms with Crippen LogP contribution in [0.15, 0.2) is 23.2 Å². The van der Waals surface area contributed by atoms with Crippen molar-refractivity contribution < 1.29 is 17.9 Å². The molecule has 1 aliphatic heterocycles. The Labute approximate surface area is 172 Å². The van der Waals surface area contributed by atoms with Gasteiger partial charge >= 0.3 is 0 Å². The van der Waals surface area contributed by atoms with E-state index in [1.807, 2.05) is 25.1 Å². The third-order valence-electron chi connectivity index (χ3n) is 4.11. The normalized spacial score (nSPS) is 13.9. The van der Waals surface area contributed by atoms with E-state index in [-0.39, 0.29) is 37.3 Å². The second-order valence-electron chi connectivity index (χ2n) is 6.59. The number of sulfone groups is 1. The van der Waals surface area contributed by atoms with Crippen LogP contribution in [-0.4, -0.2) is 51.8 Å². The van der Waals surface area contributed by atoms with Gasteiger partial charge in [-0.25, -0.2) is 8.42 Å². The van der Waals surface area contributed by atoms with E-state index in [0.717, 1.165) is 23.5 Å². The molecule has 0 saturated heterocycles. The number of guanidine groups is 1. The second kappa shape index (κ2) is 9.63. The molecule has 9 heteroatoms. The molecule has 0 amide bonds. The minimum atomic E-state index is -3.17. The smallest absolute Gasteiger partial charge is 0.231 e. The van der Waals surface area contributed by atoms with Crippen LogP contribution < -0.4 is 20.1 Å². The van der Waals surface area contributed by atoms with Crippen molar-refractivity contribution in [2.75, 3.05) is 32.7 Å². The van der Waals surface area contributed by atoms with E-state index < -0.39 is 14.6 Å². The summed E-state index contributed by atoms with van der Waals surface area (Å²) in [6, 6.07) is 5.89. The van der Waals surface area contributed by atoms with E-state index in [1.165, 1.54) is 6.26 Å². The van der Waals surface area contributed by atoms with Crippen molar-refractivity contribution in [3.8, 4) is 11.5 Å². The monoisotopic (exact) mass is 497 g/mol. The van der Waals surface area contributed by atoms with Crippen molar-refractivity contribution >= 4 is 39.8 Å². The number of ether oxygens (including phenoxy) is 2. The maximum Gasteiger partial charge on any atom is 0.231 e. The van der Waals surface area contributed by atoms with Crippen molar-refractivity contribution in [3.63, 3.8) is 0 Å². The molecule has 2 N–H and O–H groups in total. The molecule has 0 radical (unpaired) electrons. The molecule has 1 aliphatic rings. The Morgan fingerprint density at radius 3 is 2.58 bits per heavy atom. The van der Waals surface area contributed by atoms with Crippen LogP contribution in [0.5, 0.6) is 11.5 Å². The first-order chi connectivity index (χ1) is 11.7. The summed E-state index contributed by atoms with van der Waals surface area (Å²) in [4.78, 5) is 4.41. The van der Waals surface area contributed by atoms with Crippen LogP contribution in [0.2, 0.25) is 0 Å². The number of benzene rings is 1. The Morgan fingerprint density at radius 2 is 1.92 bits per heavy atom. The van der Waals surface area contributed by atoms with Crippen LogP contribution in [0.4, 0.5) is 0 Å². The Bertz CT molecular complexity index is 736. The molecule has 0 saturated carbocycles. The zero-order chi connectivity index (χ0) is 18.5. The van der Waals surface area contributed by atoms with E-state index in [0.29, 0.717) is 19.0 Å². The van der Waals surface area contributed by atoms with E-state index in [1.54, 1.807) is 13.8 Å². The summed E-state index contributed by atoms with van der Waals surface area (Å²) in [5, 5.41) is 6.37. The van der Waals surface area contributed by atoms with Crippen LogP contribution in [0.1, 0.15) is 26.3 Å². The van der Waals surface area contributed by atoms with Gasteiger partial charge in [0.1, 0.15) is 0 Å². The minimum Gasteiger partial charge on any atom is -0.454 e. The molecule has 2 rings (SSSR count). The molecule has 0 aliphatic carbocycles. The average Bonchev–Trinajstić information content (AvgIpc) is 2.99. The predicted octanol–water partition coefficient (Wildman–Crippen LogP) is 1.95. The predicted molar refractivity (Wildman–Crippen MR) is 115 cm³/mol. The highest BCUT2D eigenvalue weighted by Gasteiger charge is 2.29. The maximum absolute atomic E-state index is 11.8. The second-order valence-corrected chi connectivity index (χ2v) is 9.24. The lowest BCUT2D eigenvalue weighted by molar-refractivity contribution is 0.174. The zero-order valence-electron chi connectivity index (χ0n) is 15.7. The Hall–Kier alpha value is -1.23. The van der Waals surface area contributed by atoms with E-state index in [2.05, 4.69) is 15.6 Å². The average molecular weight is 497 g/mol. The van der Waals surface area contributed by atoms with E-state index >= 15 is 0 Å². The van der Waals surface area contributed by atoms with Crippen LogP contribution in [0.3, 0.4) is 0 Å². The molecule has 0 unspecified atom stereocenters. The van der Waals surface area contributed by atoms with E-state index in [9.17, 15) is 8.42 Å². The van der Waals surface area contributed by atoms with Crippen molar-refractivity contribution in [2.45, 2.75) is 31.9 Å². The van der Waals surface area contributed by atoms with Crippen molar-refractivity contribution in [1.82, 2.24) is 10.6 Å². The SMILES string of the molecule is CCNC(=NCC(C)(C)S(C)(=O)=O)NCCc1ccc2c(c1)OCO2.I. The Kier molecular flexibility index (Phi) is 8.45. The third kappa shape index (κ3) is 6.19. The summed E-state index contributed by atoms with van der Waals surface area (Å²) < 4.78 is 33.4. The molecular formula is C17H28IN3O4S. The van der Waals surface area contributed by atoms with Gasteiger partial charge in [-0.1, -0.05) is 6.07 Å². The molecule has 0 bridgehead atoms. The number of hydrogen-bond donors (Lipinski definition) is 2. The van der Waals surface area contributed by atoms with Crippen LogP contribution in [0, 0.1) is 0 Å². The van der Waals surface area contributed by atoms with Crippen LogP contribution in [-0.2, 0) is 16.3 Å². The third-order valence-corrected chi connectivity index (χ3v) is 6.25. The van der Waals surface area contributed by atoms with Crippen molar-refractivity contribution in [2.24, 2.45) is 4.99 Å². The lowest BCUT2D eigenvalue weighted by Gasteiger charge is -2.21. The number of halogens is 1. The summed E-state index contributed by atoms with van der Waals surface area (Å²) in [6.45, 7) is 7.18. The standard InChI is InChI=1S/C17H27N3O4S.HI/c1-5-18-16(20-11-17(2,3)25(4,21)22)19-9-8-13-6-7-14-15(10-13)24-12-23-14;/h6-7,10H,5,8-9,11-12H2,1-4H3,(H2,18,19,20);1H. The van der Waals surface area contributed by atoms with Gasteiger partial charge < -0.3 is 20.1 Å². The molecule has 0 spiro atoms. The maximum atomic E-state index is 11.8. The van der Waals surface area contributed by atoms with Gasteiger partial charge in [-0.15, -0.1) is 24.0 Å². The largest absolute Gasteiger partial charge is 0.454 e. The molecule has 1 aromatic rings. The van der Waals surface area contributed by atoms with Gasteiger partial charge in [-0.3, -0.25) is 4.99 Å². The first kappa shape index (κ1) is 22.8. The number of nitrogens with one attached hydrogen (secondary N) is 2. The highest BCUT2D eigenvalue weighted by Crippen LogP contribution is 2.32. The van der Waals surface area contributed by atoms with Crippen molar-refractivity contribution in [1.29, 1.82) is 0 Å². The number of rotatable bonds is 7. The summed E-state index contributed by atoms with van der Waals surface area (Å²) in [5.41, 5.74) is 1.13. The quantitative estimate of drug-likeness (QED) is 0.340. The highest BCUT2D eigenvalue weighted by molar-refractivity contribution is 14.0. The summed E-state index contributed by atoms with van der Waals surface area (Å²) >= 11 is 0. The van der Waals surface area contributed by atoms with E-state index in [4.69, 9.17) is 9.47 Å². The van der Waals surface area contributed by atoms with Crippen molar-refractivity contribution in [3.05, 3.63) is 23.8 Å². The fourth-order valence-electron chi connectivity index (χ4n) is 2.15. The lowest BCUT2D eigenvalue weighted by atomic mass is 10.1. The molecule has 148 valence electrons. The van der Waals surface area contributed by atoms with Crippen LogP contribution in [0.25, 0.3) is 0 Å². The van der Waals surface area contributed by atoms with Gasteiger partial charge in [0.25, 0.3) is 0 Å². The van der Waals surface area contributed by atoms with Gasteiger partial charge in [0.2, 0.25) is 6.79 Å². The number of hydrogen-bond acceptors (Lipinski definition) is 5. The molecule has 0 fully saturated rings. The molecule has 1 aromatic carbocycles. The molecule has 7 nitrogen and oxygen atoms in total. The molecule has 0 atom stereocenters. The topological polar surface area (TPSA) is 89.0 Å². The van der Waals surface area contributed by atoms with Gasteiger partial charge in [0, 0.05) is 19.3 Å². The Morgan fingerprint density at radius 1 is 1.23 bits per heavy atom. The summed E-state index contributed by atoms with van der Waals surface area (Å²) in [5.74, 6) is 2.16. The zero-order valence-corrected chi connectivity index (χ0v) is 18.8. The fourth-order valence-corrected chi connectivity index (χ4v) is 2.45. The molecule has 1 heterocycles. The molecule has 26 heavy (non-hydrogen) atoms. The van der Waals surface area contributed by atoms with Gasteiger partial charge in [0.05, 0.1) is 11.3 Å². The van der Waals surface area contributed by atoms with Crippen LogP contribution >= 0.6 is 24.0 Å². The van der Waals surface area contributed by atoms with Gasteiger partial charge in [-0.2, -0.15) is 0 Å². The number of fused-ring (bicyclic) bond motifs is 1. The number of nitrogens with zero attached hydrogens (tertiary/aromatic N) is 1. The fraction of sp³-hybridized carbons (Fsp3) is 0.588. The highest BCUT2D eigenvalue weighted by atomic mass is 127.